The zero-order valence-electron chi connectivity index (χ0n) is 15.7. The lowest BCUT2D eigenvalue weighted by molar-refractivity contribution is -0.746. The lowest BCUT2D eigenvalue weighted by Gasteiger charge is -2.21. The van der Waals surface area contributed by atoms with Crippen LogP contribution in [0.3, 0.4) is 0 Å². The van der Waals surface area contributed by atoms with Crippen molar-refractivity contribution in [1.82, 2.24) is 15.1 Å². The number of aromatic nitrogens is 2. The Morgan fingerprint density at radius 3 is 2.52 bits per heavy atom. The number of carbonyl (C=O) groups is 3. The molecule has 0 saturated carbocycles. The molecule has 1 fully saturated rings. The summed E-state index contributed by atoms with van der Waals surface area (Å²) in [6.07, 6.45) is -0.180. The Morgan fingerprint density at radius 1 is 1.31 bits per heavy atom. The molecular weight excluding hydrogens is 400 g/mol. The van der Waals surface area contributed by atoms with E-state index in [1.54, 1.807) is 7.05 Å². The van der Waals surface area contributed by atoms with E-state index in [-0.39, 0.29) is 29.7 Å². The van der Waals surface area contributed by atoms with E-state index < -0.39 is 23.5 Å². The molecule has 1 saturated heterocycles. The SMILES string of the molecule is CN1C(=O)C(CC(=O)Nc2ccc(C(N)=O)cc2)N(Cc2c(=O)o[nH][n+]2C)C1=S. The van der Waals surface area contributed by atoms with Crippen LogP contribution >= 0.6 is 12.2 Å². The number of anilines is 1. The van der Waals surface area contributed by atoms with E-state index in [1.807, 2.05) is 0 Å². The summed E-state index contributed by atoms with van der Waals surface area (Å²) in [6, 6.07) is 5.17. The fourth-order valence-electron chi connectivity index (χ4n) is 2.95. The molecule has 29 heavy (non-hydrogen) atoms. The molecule has 12 heteroatoms. The molecule has 2 heterocycles. The van der Waals surface area contributed by atoms with Gasteiger partial charge in [0.1, 0.15) is 12.6 Å². The maximum absolute atomic E-state index is 12.6. The summed E-state index contributed by atoms with van der Waals surface area (Å²) in [5, 5.41) is 5.27. The van der Waals surface area contributed by atoms with Gasteiger partial charge in [-0.05, 0) is 41.8 Å². The molecule has 1 aromatic carbocycles. The van der Waals surface area contributed by atoms with Gasteiger partial charge in [-0.1, -0.05) is 4.68 Å². The predicted octanol–water partition coefficient (Wildman–Crippen LogP) is -1.15. The second-order valence-corrected chi connectivity index (χ2v) is 6.87. The fraction of sp³-hybridized carbons (Fsp3) is 0.294. The highest BCUT2D eigenvalue weighted by Crippen LogP contribution is 2.21. The number of hydrogen-bond acceptors (Lipinski definition) is 6. The third-order valence-electron chi connectivity index (χ3n) is 4.59. The van der Waals surface area contributed by atoms with Crippen molar-refractivity contribution >= 4 is 40.7 Å². The smallest absolute Gasteiger partial charge is 0.366 e. The topological polar surface area (TPSA) is 146 Å². The summed E-state index contributed by atoms with van der Waals surface area (Å²) >= 11 is 5.30. The van der Waals surface area contributed by atoms with Crippen molar-refractivity contribution in [2.24, 2.45) is 12.8 Å². The average Bonchev–Trinajstić information content (AvgIpc) is 3.09. The molecule has 3 rings (SSSR count). The molecule has 11 nitrogen and oxygen atoms in total. The molecule has 152 valence electrons. The maximum Gasteiger partial charge on any atom is 0.431 e. The molecule has 1 aliphatic rings. The maximum atomic E-state index is 12.6. The minimum atomic E-state index is -0.869. The molecule has 0 aliphatic carbocycles. The Labute approximate surface area is 170 Å². The molecule has 0 spiro atoms. The quantitative estimate of drug-likeness (QED) is 0.396. The van der Waals surface area contributed by atoms with Gasteiger partial charge in [0.25, 0.3) is 5.91 Å². The summed E-state index contributed by atoms with van der Waals surface area (Å²) in [6.45, 7) is 0.00248. The number of rotatable bonds is 6. The number of benzene rings is 1. The van der Waals surface area contributed by atoms with Crippen LogP contribution in [0.5, 0.6) is 0 Å². The predicted molar refractivity (Wildman–Crippen MR) is 103 cm³/mol. The number of carbonyl (C=O) groups excluding carboxylic acids is 3. The van der Waals surface area contributed by atoms with Crippen LogP contribution in [0.2, 0.25) is 0 Å². The molecule has 1 atom stereocenters. The monoisotopic (exact) mass is 419 g/mol. The van der Waals surface area contributed by atoms with Gasteiger partial charge in [0.2, 0.25) is 11.8 Å². The first kappa shape index (κ1) is 20.2. The van der Waals surface area contributed by atoms with Crippen LogP contribution in [-0.4, -0.2) is 51.0 Å². The Morgan fingerprint density at radius 2 is 1.97 bits per heavy atom. The van der Waals surface area contributed by atoms with Gasteiger partial charge in [0.15, 0.2) is 12.2 Å². The highest BCUT2D eigenvalue weighted by Gasteiger charge is 2.43. The van der Waals surface area contributed by atoms with Gasteiger partial charge >= 0.3 is 11.3 Å². The van der Waals surface area contributed by atoms with Crippen LogP contribution in [0.4, 0.5) is 5.69 Å². The van der Waals surface area contributed by atoms with E-state index in [1.165, 1.54) is 45.8 Å². The third-order valence-corrected chi connectivity index (χ3v) is 5.10. The normalized spacial score (nSPS) is 16.4. The van der Waals surface area contributed by atoms with E-state index in [9.17, 15) is 19.2 Å². The van der Waals surface area contributed by atoms with E-state index in [0.717, 1.165) is 0 Å². The number of nitrogens with zero attached hydrogens (tertiary/aromatic N) is 3. The molecule has 1 aromatic heterocycles. The lowest BCUT2D eigenvalue weighted by atomic mass is 10.1. The molecule has 1 unspecified atom stereocenters. The van der Waals surface area contributed by atoms with Crippen molar-refractivity contribution in [2.75, 3.05) is 12.4 Å². The van der Waals surface area contributed by atoms with Gasteiger partial charge in [-0.25, -0.2) is 4.79 Å². The van der Waals surface area contributed by atoms with Gasteiger partial charge in [-0.2, -0.15) is 0 Å². The summed E-state index contributed by atoms with van der Waals surface area (Å²) < 4.78 is 6.10. The number of thiocarbonyl (C=S) groups is 1. The zero-order chi connectivity index (χ0) is 21.3. The Hall–Kier alpha value is -3.54. The van der Waals surface area contributed by atoms with Crippen molar-refractivity contribution in [3.05, 3.63) is 45.9 Å². The number of aryl methyl sites for hydroxylation is 1. The minimum Gasteiger partial charge on any atom is -0.366 e. The number of nitrogens with one attached hydrogen (secondary N) is 2. The van der Waals surface area contributed by atoms with E-state index >= 15 is 0 Å². The van der Waals surface area contributed by atoms with Gasteiger partial charge in [-0.15, -0.1) is 0 Å². The highest BCUT2D eigenvalue weighted by atomic mass is 32.1. The number of amides is 3. The summed E-state index contributed by atoms with van der Waals surface area (Å²) in [7, 11) is 3.10. The zero-order valence-corrected chi connectivity index (χ0v) is 16.5. The Balaban J connectivity index is 1.75. The number of hydrogen-bond donors (Lipinski definition) is 3. The third kappa shape index (κ3) is 4.01. The van der Waals surface area contributed by atoms with Gasteiger partial charge in [0, 0.05) is 18.3 Å². The second-order valence-electron chi connectivity index (χ2n) is 6.50. The van der Waals surface area contributed by atoms with Crippen LogP contribution in [-0.2, 0) is 23.2 Å². The van der Waals surface area contributed by atoms with Crippen LogP contribution in [0.15, 0.2) is 33.6 Å². The van der Waals surface area contributed by atoms with Crippen molar-refractivity contribution in [3.63, 3.8) is 0 Å². The molecule has 0 bridgehead atoms. The molecule has 4 N–H and O–H groups in total. The van der Waals surface area contributed by atoms with Crippen molar-refractivity contribution in [2.45, 2.75) is 19.0 Å². The lowest BCUT2D eigenvalue weighted by Crippen LogP contribution is -2.44. The fourth-order valence-corrected chi connectivity index (χ4v) is 3.23. The highest BCUT2D eigenvalue weighted by molar-refractivity contribution is 7.80. The van der Waals surface area contributed by atoms with Crippen molar-refractivity contribution < 1.29 is 23.6 Å². The van der Waals surface area contributed by atoms with E-state index in [0.29, 0.717) is 11.3 Å². The van der Waals surface area contributed by atoms with Crippen LogP contribution in [0.25, 0.3) is 0 Å². The standard InChI is InChI=1S/C17H18N6O5S/c1-21-15(26)11(23(17(21)29)8-12-16(27)28-20-22(12)2)7-13(24)19-10-5-3-9(4-6-10)14(18)25/h3-6,11H,7-8H2,1-2H3,(H3-,18,19,20,24,25,27)/p+1. The second kappa shape index (κ2) is 7.83. The Kier molecular flexibility index (Phi) is 5.46. The van der Waals surface area contributed by atoms with Crippen LogP contribution < -0.4 is 21.4 Å². The van der Waals surface area contributed by atoms with Crippen LogP contribution in [0.1, 0.15) is 22.5 Å². The van der Waals surface area contributed by atoms with E-state index in [4.69, 9.17) is 22.5 Å². The number of primary amides is 1. The minimum absolute atomic E-state index is 0.00248. The average molecular weight is 419 g/mol. The van der Waals surface area contributed by atoms with Gasteiger partial charge in [-0.3, -0.25) is 23.8 Å². The first-order chi connectivity index (χ1) is 13.7. The molecule has 1 aliphatic heterocycles. The van der Waals surface area contributed by atoms with Crippen molar-refractivity contribution in [3.8, 4) is 0 Å². The van der Waals surface area contributed by atoms with E-state index in [2.05, 4.69) is 10.6 Å². The number of aromatic amines is 1. The number of nitrogens with two attached hydrogens (primary N) is 1. The van der Waals surface area contributed by atoms with Gasteiger partial charge < -0.3 is 16.0 Å². The number of H-pyrrole nitrogens is 1. The molecule has 0 radical (unpaired) electrons. The summed E-state index contributed by atoms with van der Waals surface area (Å²) in [5.74, 6) is -1.35. The summed E-state index contributed by atoms with van der Waals surface area (Å²) in [5.41, 5.74) is 5.61. The van der Waals surface area contributed by atoms with Crippen LogP contribution in [0, 0.1) is 0 Å². The molecule has 3 amide bonds. The molecule has 2 aromatic rings. The first-order valence-corrected chi connectivity index (χ1v) is 8.94. The summed E-state index contributed by atoms with van der Waals surface area (Å²) in [4.78, 5) is 50.8. The van der Waals surface area contributed by atoms with Crippen molar-refractivity contribution in [1.29, 1.82) is 0 Å². The van der Waals surface area contributed by atoms with Gasteiger partial charge in [0.05, 0.1) is 6.42 Å². The Bertz CT molecular complexity index is 1040. The largest absolute Gasteiger partial charge is 0.431 e. The number of likely N-dealkylation sites (N-methyl/N-ethyl adjacent to an activating group) is 1. The molecular formula is C17H19N6O5S+. The first-order valence-electron chi connectivity index (χ1n) is 8.53.